The highest BCUT2D eigenvalue weighted by Gasteiger charge is 2.38. The molecular formula is C18H25N5O. The summed E-state index contributed by atoms with van der Waals surface area (Å²) in [6, 6.07) is 10.3. The van der Waals surface area contributed by atoms with E-state index in [1.165, 1.54) is 5.56 Å². The molecule has 2 heterocycles. The van der Waals surface area contributed by atoms with E-state index in [1.54, 1.807) is 6.33 Å². The maximum absolute atomic E-state index is 12.5. The van der Waals surface area contributed by atoms with Crippen LogP contribution < -0.4 is 5.32 Å². The molecule has 1 N–H and O–H groups in total. The molecule has 6 heteroatoms. The van der Waals surface area contributed by atoms with Gasteiger partial charge in [-0.25, -0.2) is 0 Å². The second kappa shape index (κ2) is 7.13. The van der Waals surface area contributed by atoms with Gasteiger partial charge in [-0.15, -0.1) is 10.2 Å². The average molecular weight is 327 g/mol. The van der Waals surface area contributed by atoms with Crippen molar-refractivity contribution in [1.82, 2.24) is 25.0 Å². The zero-order valence-electron chi connectivity index (χ0n) is 14.4. The largest absolute Gasteiger partial charge is 0.348 e. The number of hydrogen-bond acceptors (Lipinski definition) is 4. The van der Waals surface area contributed by atoms with Crippen LogP contribution in [0.25, 0.3) is 0 Å². The van der Waals surface area contributed by atoms with Crippen molar-refractivity contribution in [2.45, 2.75) is 32.9 Å². The predicted molar refractivity (Wildman–Crippen MR) is 92.2 cm³/mol. The summed E-state index contributed by atoms with van der Waals surface area (Å²) in [5.74, 6) is 0.902. The fraction of sp³-hybridized carbons (Fsp3) is 0.500. The monoisotopic (exact) mass is 327 g/mol. The third-order valence-corrected chi connectivity index (χ3v) is 4.80. The van der Waals surface area contributed by atoms with Gasteiger partial charge in [-0.1, -0.05) is 30.3 Å². The fourth-order valence-electron chi connectivity index (χ4n) is 3.25. The molecule has 0 unspecified atom stereocenters. The van der Waals surface area contributed by atoms with Crippen molar-refractivity contribution in [3.8, 4) is 0 Å². The average Bonchev–Trinajstić information content (AvgIpc) is 3.18. The third kappa shape index (κ3) is 3.82. The quantitative estimate of drug-likeness (QED) is 0.873. The molecule has 1 aliphatic heterocycles. The molecule has 128 valence electrons. The minimum absolute atomic E-state index is 0.101. The number of amides is 1. The summed E-state index contributed by atoms with van der Waals surface area (Å²) >= 11 is 0. The number of aromatic nitrogens is 3. The standard InChI is InChI=1S/C18H25N5O/c1-18(9-11-22(2)13-18)17(24)19-12-16-21-20-14-23(16)10-8-15-6-4-3-5-7-15/h3-7,14H,8-13H2,1-2H3,(H,19,24)/t18-/m0/s1. The van der Waals surface area contributed by atoms with E-state index < -0.39 is 0 Å². The van der Waals surface area contributed by atoms with Crippen LogP contribution in [-0.4, -0.2) is 45.7 Å². The Bertz CT molecular complexity index is 684. The van der Waals surface area contributed by atoms with Crippen LogP contribution in [0.4, 0.5) is 0 Å². The molecule has 0 saturated carbocycles. The Kier molecular flexibility index (Phi) is 4.94. The maximum atomic E-state index is 12.5. The van der Waals surface area contributed by atoms with Crippen LogP contribution in [0.15, 0.2) is 36.7 Å². The second-order valence-electron chi connectivity index (χ2n) is 6.91. The lowest BCUT2D eigenvalue weighted by atomic mass is 9.89. The Labute approximate surface area is 142 Å². The first kappa shape index (κ1) is 16.6. The number of aryl methyl sites for hydroxylation is 2. The number of likely N-dealkylation sites (tertiary alicyclic amines) is 1. The topological polar surface area (TPSA) is 63.1 Å². The molecule has 2 aromatic rings. The summed E-state index contributed by atoms with van der Waals surface area (Å²) in [6.45, 7) is 5.04. The van der Waals surface area contributed by atoms with Crippen molar-refractivity contribution in [3.63, 3.8) is 0 Å². The Morgan fingerprint density at radius 2 is 2.12 bits per heavy atom. The number of carbonyl (C=O) groups excluding carboxylic acids is 1. The van der Waals surface area contributed by atoms with Crippen LogP contribution >= 0.6 is 0 Å². The molecule has 1 saturated heterocycles. The van der Waals surface area contributed by atoms with Gasteiger partial charge in [0.15, 0.2) is 5.82 Å². The second-order valence-corrected chi connectivity index (χ2v) is 6.91. The first-order chi connectivity index (χ1) is 11.6. The zero-order chi connectivity index (χ0) is 17.0. The van der Waals surface area contributed by atoms with Crippen LogP contribution in [-0.2, 0) is 24.3 Å². The van der Waals surface area contributed by atoms with Gasteiger partial charge in [0.05, 0.1) is 12.0 Å². The van der Waals surface area contributed by atoms with E-state index in [9.17, 15) is 4.79 Å². The van der Waals surface area contributed by atoms with Gasteiger partial charge in [-0.3, -0.25) is 4.79 Å². The molecule has 1 aliphatic rings. The lowest BCUT2D eigenvalue weighted by Gasteiger charge is -2.22. The Hall–Kier alpha value is -2.21. The lowest BCUT2D eigenvalue weighted by Crippen LogP contribution is -2.40. The van der Waals surface area contributed by atoms with E-state index in [1.807, 2.05) is 29.7 Å². The Morgan fingerprint density at radius 1 is 1.33 bits per heavy atom. The first-order valence-electron chi connectivity index (χ1n) is 8.44. The van der Waals surface area contributed by atoms with Gasteiger partial charge in [0.2, 0.25) is 5.91 Å². The fourth-order valence-corrected chi connectivity index (χ4v) is 3.25. The van der Waals surface area contributed by atoms with Gasteiger partial charge in [0.1, 0.15) is 6.33 Å². The van der Waals surface area contributed by atoms with Crippen molar-refractivity contribution in [3.05, 3.63) is 48.0 Å². The van der Waals surface area contributed by atoms with Gasteiger partial charge >= 0.3 is 0 Å². The number of nitrogens with zero attached hydrogens (tertiary/aromatic N) is 4. The summed E-state index contributed by atoms with van der Waals surface area (Å²) < 4.78 is 2.01. The van der Waals surface area contributed by atoms with Crippen molar-refractivity contribution < 1.29 is 4.79 Å². The molecule has 0 bridgehead atoms. The van der Waals surface area contributed by atoms with Crippen LogP contribution in [0.5, 0.6) is 0 Å². The molecule has 1 atom stereocenters. The summed E-state index contributed by atoms with van der Waals surface area (Å²) in [5.41, 5.74) is 0.978. The molecule has 24 heavy (non-hydrogen) atoms. The van der Waals surface area contributed by atoms with Gasteiger partial charge < -0.3 is 14.8 Å². The van der Waals surface area contributed by atoms with Crippen molar-refractivity contribution in [2.75, 3.05) is 20.1 Å². The predicted octanol–water partition coefficient (Wildman–Crippen LogP) is 1.48. The molecule has 1 amide bonds. The number of hydrogen-bond donors (Lipinski definition) is 1. The third-order valence-electron chi connectivity index (χ3n) is 4.80. The Morgan fingerprint density at radius 3 is 2.83 bits per heavy atom. The van der Waals surface area contributed by atoms with E-state index in [0.717, 1.165) is 38.3 Å². The van der Waals surface area contributed by atoms with Crippen LogP contribution in [0, 0.1) is 5.41 Å². The smallest absolute Gasteiger partial charge is 0.227 e. The van der Waals surface area contributed by atoms with Crippen molar-refractivity contribution in [1.29, 1.82) is 0 Å². The molecule has 1 aromatic carbocycles. The maximum Gasteiger partial charge on any atom is 0.227 e. The normalized spacial score (nSPS) is 21.1. The Balaban J connectivity index is 1.55. The molecule has 0 radical (unpaired) electrons. The van der Waals surface area contributed by atoms with Crippen LogP contribution in [0.2, 0.25) is 0 Å². The first-order valence-corrected chi connectivity index (χ1v) is 8.44. The summed E-state index contributed by atoms with van der Waals surface area (Å²) in [5, 5.41) is 11.2. The van der Waals surface area contributed by atoms with E-state index in [4.69, 9.17) is 0 Å². The molecule has 0 spiro atoms. The minimum atomic E-state index is -0.302. The van der Waals surface area contributed by atoms with Crippen LogP contribution in [0.1, 0.15) is 24.7 Å². The highest BCUT2D eigenvalue weighted by molar-refractivity contribution is 5.82. The number of nitrogens with one attached hydrogen (secondary N) is 1. The molecule has 1 aromatic heterocycles. The summed E-state index contributed by atoms with van der Waals surface area (Å²) in [4.78, 5) is 14.7. The SMILES string of the molecule is CN1CC[C@](C)(C(=O)NCc2nncn2CCc2ccccc2)C1. The van der Waals surface area contributed by atoms with Crippen LogP contribution in [0.3, 0.4) is 0 Å². The van der Waals surface area contributed by atoms with E-state index in [0.29, 0.717) is 6.54 Å². The lowest BCUT2D eigenvalue weighted by molar-refractivity contribution is -0.129. The number of benzene rings is 1. The van der Waals surface area contributed by atoms with Crippen molar-refractivity contribution in [2.24, 2.45) is 5.41 Å². The highest BCUT2D eigenvalue weighted by atomic mass is 16.2. The number of carbonyl (C=O) groups is 1. The molecular weight excluding hydrogens is 302 g/mol. The minimum Gasteiger partial charge on any atom is -0.348 e. The summed E-state index contributed by atoms with van der Waals surface area (Å²) in [6.07, 6.45) is 3.55. The molecule has 6 nitrogen and oxygen atoms in total. The van der Waals surface area contributed by atoms with Gasteiger partial charge in [0, 0.05) is 13.1 Å². The summed E-state index contributed by atoms with van der Waals surface area (Å²) in [7, 11) is 2.05. The van der Waals surface area contributed by atoms with E-state index in [2.05, 4.69) is 39.6 Å². The zero-order valence-corrected chi connectivity index (χ0v) is 14.4. The van der Waals surface area contributed by atoms with Gasteiger partial charge in [-0.05, 0) is 38.9 Å². The van der Waals surface area contributed by atoms with Crippen molar-refractivity contribution >= 4 is 5.91 Å². The molecule has 1 fully saturated rings. The number of rotatable bonds is 6. The highest BCUT2D eigenvalue weighted by Crippen LogP contribution is 2.29. The van der Waals surface area contributed by atoms with Gasteiger partial charge in [0.25, 0.3) is 0 Å². The van der Waals surface area contributed by atoms with E-state index >= 15 is 0 Å². The van der Waals surface area contributed by atoms with E-state index in [-0.39, 0.29) is 11.3 Å². The van der Waals surface area contributed by atoms with Gasteiger partial charge in [-0.2, -0.15) is 0 Å². The molecule has 0 aliphatic carbocycles. The molecule has 3 rings (SSSR count).